The van der Waals surface area contributed by atoms with Crippen molar-refractivity contribution in [2.75, 3.05) is 20.2 Å². The van der Waals surface area contributed by atoms with Gasteiger partial charge in [-0.1, -0.05) is 54.6 Å². The first kappa shape index (κ1) is 19.0. The highest BCUT2D eigenvalue weighted by molar-refractivity contribution is 5.79. The standard InChI is InChI=1S/C21H29N3O/c1-3-25-17-20-14-8-7-13-19(20)16-24-21(22-2)23-15-9-12-18-10-5-4-6-11-18/h4-8,10-11,13-14H,3,9,12,15-17H2,1-2H3,(H2,22,23,24). The number of benzene rings is 2. The van der Waals surface area contributed by atoms with Crippen LogP contribution in [0.1, 0.15) is 30.0 Å². The fourth-order valence-electron chi connectivity index (χ4n) is 2.63. The molecule has 0 saturated heterocycles. The van der Waals surface area contributed by atoms with Crippen LogP contribution in [0.15, 0.2) is 59.6 Å². The summed E-state index contributed by atoms with van der Waals surface area (Å²) < 4.78 is 5.54. The van der Waals surface area contributed by atoms with Gasteiger partial charge in [0.25, 0.3) is 0 Å². The van der Waals surface area contributed by atoms with Crippen molar-refractivity contribution in [2.45, 2.75) is 32.9 Å². The summed E-state index contributed by atoms with van der Waals surface area (Å²) in [7, 11) is 1.80. The van der Waals surface area contributed by atoms with Gasteiger partial charge in [0, 0.05) is 26.7 Å². The van der Waals surface area contributed by atoms with Gasteiger partial charge < -0.3 is 15.4 Å². The Morgan fingerprint density at radius 1 is 0.960 bits per heavy atom. The molecule has 0 saturated carbocycles. The van der Waals surface area contributed by atoms with Gasteiger partial charge in [-0.3, -0.25) is 4.99 Å². The largest absolute Gasteiger partial charge is 0.377 e. The van der Waals surface area contributed by atoms with Gasteiger partial charge in [-0.2, -0.15) is 0 Å². The third-order valence-corrected chi connectivity index (χ3v) is 4.03. The molecule has 2 N–H and O–H groups in total. The lowest BCUT2D eigenvalue weighted by Gasteiger charge is -2.14. The fourth-order valence-corrected chi connectivity index (χ4v) is 2.63. The molecule has 4 nitrogen and oxygen atoms in total. The van der Waals surface area contributed by atoms with E-state index < -0.39 is 0 Å². The van der Waals surface area contributed by atoms with Crippen molar-refractivity contribution in [3.63, 3.8) is 0 Å². The second-order valence-corrected chi connectivity index (χ2v) is 5.85. The van der Waals surface area contributed by atoms with E-state index in [0.29, 0.717) is 6.61 Å². The molecule has 0 aliphatic rings. The van der Waals surface area contributed by atoms with Crippen molar-refractivity contribution < 1.29 is 4.74 Å². The zero-order valence-electron chi connectivity index (χ0n) is 15.3. The van der Waals surface area contributed by atoms with Crippen molar-refractivity contribution >= 4 is 5.96 Å². The molecular weight excluding hydrogens is 310 g/mol. The van der Waals surface area contributed by atoms with E-state index in [0.717, 1.165) is 38.5 Å². The summed E-state index contributed by atoms with van der Waals surface area (Å²) >= 11 is 0. The Bertz CT molecular complexity index is 641. The maximum absolute atomic E-state index is 5.54. The molecule has 0 aliphatic heterocycles. The minimum Gasteiger partial charge on any atom is -0.377 e. The van der Waals surface area contributed by atoms with Gasteiger partial charge >= 0.3 is 0 Å². The van der Waals surface area contributed by atoms with Crippen molar-refractivity contribution in [2.24, 2.45) is 4.99 Å². The summed E-state index contributed by atoms with van der Waals surface area (Å²) in [6.07, 6.45) is 2.15. The summed E-state index contributed by atoms with van der Waals surface area (Å²) in [6, 6.07) is 18.9. The zero-order chi connectivity index (χ0) is 17.7. The van der Waals surface area contributed by atoms with Crippen LogP contribution in [-0.2, 0) is 24.3 Å². The molecule has 0 heterocycles. The summed E-state index contributed by atoms with van der Waals surface area (Å²) in [4.78, 5) is 4.30. The molecule has 2 aromatic rings. The van der Waals surface area contributed by atoms with Crippen LogP contribution < -0.4 is 10.6 Å². The van der Waals surface area contributed by atoms with Gasteiger partial charge in [-0.25, -0.2) is 0 Å². The molecule has 0 amide bonds. The zero-order valence-corrected chi connectivity index (χ0v) is 15.3. The number of nitrogens with one attached hydrogen (secondary N) is 2. The predicted octanol–water partition coefficient (Wildman–Crippen LogP) is 3.52. The monoisotopic (exact) mass is 339 g/mol. The number of guanidine groups is 1. The van der Waals surface area contributed by atoms with Gasteiger partial charge in [0.1, 0.15) is 0 Å². The van der Waals surface area contributed by atoms with Crippen LogP contribution in [0.4, 0.5) is 0 Å². The molecule has 0 atom stereocenters. The van der Waals surface area contributed by atoms with E-state index in [-0.39, 0.29) is 0 Å². The first-order chi connectivity index (χ1) is 12.3. The molecule has 0 unspecified atom stereocenters. The van der Waals surface area contributed by atoms with Crippen LogP contribution in [0.25, 0.3) is 0 Å². The van der Waals surface area contributed by atoms with Crippen LogP contribution in [0.5, 0.6) is 0 Å². The number of hydrogen-bond donors (Lipinski definition) is 2. The minimum absolute atomic E-state index is 0.650. The molecule has 25 heavy (non-hydrogen) atoms. The average Bonchev–Trinajstić information content (AvgIpc) is 2.67. The van der Waals surface area contributed by atoms with Gasteiger partial charge in [-0.15, -0.1) is 0 Å². The van der Waals surface area contributed by atoms with E-state index in [4.69, 9.17) is 4.74 Å². The Labute approximate surface area is 151 Å². The highest BCUT2D eigenvalue weighted by Crippen LogP contribution is 2.10. The maximum Gasteiger partial charge on any atom is 0.191 e. The van der Waals surface area contributed by atoms with E-state index in [1.165, 1.54) is 16.7 Å². The lowest BCUT2D eigenvalue weighted by Crippen LogP contribution is -2.37. The summed E-state index contributed by atoms with van der Waals surface area (Å²) in [5.41, 5.74) is 3.83. The second kappa shape index (κ2) is 11.3. The quantitative estimate of drug-likeness (QED) is 0.417. The molecule has 0 aliphatic carbocycles. The molecule has 0 radical (unpaired) electrons. The van der Waals surface area contributed by atoms with E-state index in [1.807, 2.05) is 6.92 Å². The molecule has 0 aromatic heterocycles. The Kier molecular flexibility index (Phi) is 8.56. The predicted molar refractivity (Wildman–Crippen MR) is 105 cm³/mol. The van der Waals surface area contributed by atoms with Gasteiger partial charge in [-0.05, 0) is 36.5 Å². The molecule has 0 bridgehead atoms. The summed E-state index contributed by atoms with van der Waals surface area (Å²) in [5.74, 6) is 0.833. The number of hydrogen-bond acceptors (Lipinski definition) is 2. The van der Waals surface area contributed by atoms with Crippen LogP contribution in [0, 0.1) is 0 Å². The summed E-state index contributed by atoms with van der Waals surface area (Å²) in [6.45, 7) is 5.03. The Hall–Kier alpha value is -2.33. The third-order valence-electron chi connectivity index (χ3n) is 4.03. The van der Waals surface area contributed by atoms with E-state index in [2.05, 4.69) is 70.2 Å². The first-order valence-electron chi connectivity index (χ1n) is 8.96. The van der Waals surface area contributed by atoms with Gasteiger partial charge in [0.05, 0.1) is 6.61 Å². The lowest BCUT2D eigenvalue weighted by atomic mass is 10.1. The number of aryl methyl sites for hydroxylation is 1. The highest BCUT2D eigenvalue weighted by Gasteiger charge is 2.03. The normalized spacial score (nSPS) is 11.4. The second-order valence-electron chi connectivity index (χ2n) is 5.85. The van der Waals surface area contributed by atoms with E-state index in [9.17, 15) is 0 Å². The van der Waals surface area contributed by atoms with Crippen LogP contribution >= 0.6 is 0 Å². The highest BCUT2D eigenvalue weighted by atomic mass is 16.5. The number of aliphatic imine (C=N–C) groups is 1. The number of ether oxygens (including phenoxy) is 1. The maximum atomic E-state index is 5.54. The van der Waals surface area contributed by atoms with Crippen molar-refractivity contribution in [3.8, 4) is 0 Å². The van der Waals surface area contributed by atoms with Crippen molar-refractivity contribution in [1.82, 2.24) is 10.6 Å². The SMILES string of the molecule is CCOCc1ccccc1CNC(=NC)NCCCc1ccccc1. The van der Waals surface area contributed by atoms with E-state index >= 15 is 0 Å². The number of rotatable bonds is 9. The summed E-state index contributed by atoms with van der Waals surface area (Å²) in [5, 5.41) is 6.76. The van der Waals surface area contributed by atoms with Crippen LogP contribution in [0.2, 0.25) is 0 Å². The molecule has 2 aromatic carbocycles. The average molecular weight is 339 g/mol. The topological polar surface area (TPSA) is 45.6 Å². The van der Waals surface area contributed by atoms with E-state index in [1.54, 1.807) is 7.05 Å². The molecule has 4 heteroatoms. The molecule has 0 fully saturated rings. The molecular formula is C21H29N3O. The smallest absolute Gasteiger partial charge is 0.191 e. The van der Waals surface area contributed by atoms with Gasteiger partial charge in [0.15, 0.2) is 5.96 Å². The first-order valence-corrected chi connectivity index (χ1v) is 8.96. The third kappa shape index (κ3) is 6.98. The van der Waals surface area contributed by atoms with Gasteiger partial charge in [0.2, 0.25) is 0 Å². The molecule has 134 valence electrons. The fraction of sp³-hybridized carbons (Fsp3) is 0.381. The molecule has 0 spiro atoms. The minimum atomic E-state index is 0.650. The van der Waals surface area contributed by atoms with Crippen LogP contribution in [0.3, 0.4) is 0 Å². The van der Waals surface area contributed by atoms with Crippen molar-refractivity contribution in [1.29, 1.82) is 0 Å². The Morgan fingerprint density at radius 2 is 1.68 bits per heavy atom. The lowest BCUT2D eigenvalue weighted by molar-refractivity contribution is 0.133. The molecule has 2 rings (SSSR count). The Morgan fingerprint density at radius 3 is 2.40 bits per heavy atom. The van der Waals surface area contributed by atoms with Crippen molar-refractivity contribution in [3.05, 3.63) is 71.3 Å². The van der Waals surface area contributed by atoms with Crippen LogP contribution in [-0.4, -0.2) is 26.2 Å². The Balaban J connectivity index is 1.75. The number of nitrogens with zero attached hydrogens (tertiary/aromatic N) is 1.